The molecule has 0 spiro atoms. The highest BCUT2D eigenvalue weighted by Crippen LogP contribution is 2.31. The molecule has 0 atom stereocenters. The van der Waals surface area contributed by atoms with Crippen LogP contribution in [0.25, 0.3) is 22.3 Å². The summed E-state index contributed by atoms with van der Waals surface area (Å²) >= 11 is 0. The Labute approximate surface area is 182 Å². The van der Waals surface area contributed by atoms with Crippen LogP contribution in [-0.4, -0.2) is 10.2 Å². The molecule has 0 fully saturated rings. The molecule has 0 aliphatic heterocycles. The fourth-order valence-corrected chi connectivity index (χ4v) is 3.52. The Kier molecular flexibility index (Phi) is 5.86. The van der Waals surface area contributed by atoms with Gasteiger partial charge in [0.2, 0.25) is 11.6 Å². The summed E-state index contributed by atoms with van der Waals surface area (Å²) in [5, 5.41) is 18.5. The summed E-state index contributed by atoms with van der Waals surface area (Å²) < 4.78 is 55.3. The molecule has 4 rings (SSSR count). The molecule has 162 valence electrons. The Hall–Kier alpha value is -3.80. The molecule has 0 aliphatic rings. The van der Waals surface area contributed by atoms with Crippen molar-refractivity contribution in [1.29, 1.82) is 0 Å². The van der Waals surface area contributed by atoms with Gasteiger partial charge in [0, 0.05) is 11.1 Å². The van der Waals surface area contributed by atoms with Gasteiger partial charge in [0.1, 0.15) is 0 Å². The van der Waals surface area contributed by atoms with Crippen LogP contribution in [0.5, 0.6) is 11.5 Å². The molecule has 0 saturated heterocycles. The highest BCUT2D eigenvalue weighted by molar-refractivity contribution is 5.66. The highest BCUT2D eigenvalue weighted by Gasteiger charge is 2.15. The standard InChI is InChI=1S/C26H18F4O2/c27-23-19(11-13-21(31)25(23)29)17-7-3-15(4-8-17)1-2-16-5-9-18(10-6-16)20-12-14-22(32)26(30)24(20)28/h3-14,31-32H,1-2H2. The molecule has 0 aromatic heterocycles. The van der Waals surface area contributed by atoms with Crippen LogP contribution < -0.4 is 0 Å². The molecular weight excluding hydrogens is 420 g/mol. The number of benzene rings is 4. The van der Waals surface area contributed by atoms with Crippen molar-refractivity contribution in [2.45, 2.75) is 12.8 Å². The van der Waals surface area contributed by atoms with Gasteiger partial charge in [-0.2, -0.15) is 8.78 Å². The molecule has 0 radical (unpaired) electrons. The molecule has 0 aliphatic carbocycles. The maximum absolute atomic E-state index is 14.0. The van der Waals surface area contributed by atoms with Crippen LogP contribution in [0.3, 0.4) is 0 Å². The van der Waals surface area contributed by atoms with E-state index in [1.165, 1.54) is 12.1 Å². The first-order valence-electron chi connectivity index (χ1n) is 9.87. The molecule has 0 unspecified atom stereocenters. The monoisotopic (exact) mass is 438 g/mol. The Morgan fingerprint density at radius 1 is 0.438 bits per heavy atom. The van der Waals surface area contributed by atoms with Crippen molar-refractivity contribution in [2.75, 3.05) is 0 Å². The molecular formula is C26H18F4O2. The normalized spacial score (nSPS) is 11.0. The average molecular weight is 438 g/mol. The number of hydrogen-bond acceptors (Lipinski definition) is 2. The van der Waals surface area contributed by atoms with E-state index >= 15 is 0 Å². The van der Waals surface area contributed by atoms with Crippen LogP contribution in [-0.2, 0) is 12.8 Å². The van der Waals surface area contributed by atoms with Gasteiger partial charge in [-0.1, -0.05) is 48.5 Å². The van der Waals surface area contributed by atoms with E-state index in [9.17, 15) is 27.8 Å². The summed E-state index contributed by atoms with van der Waals surface area (Å²) in [6.45, 7) is 0. The van der Waals surface area contributed by atoms with Gasteiger partial charge in [-0.15, -0.1) is 0 Å². The van der Waals surface area contributed by atoms with E-state index in [-0.39, 0.29) is 11.1 Å². The van der Waals surface area contributed by atoms with Gasteiger partial charge in [-0.05, 0) is 59.4 Å². The highest BCUT2D eigenvalue weighted by atomic mass is 19.2. The summed E-state index contributed by atoms with van der Waals surface area (Å²) in [6, 6.07) is 18.9. The second kappa shape index (κ2) is 8.75. The van der Waals surface area contributed by atoms with E-state index in [0.29, 0.717) is 24.0 Å². The summed E-state index contributed by atoms with van der Waals surface area (Å²) in [6.07, 6.45) is 1.38. The Morgan fingerprint density at radius 3 is 1.12 bits per heavy atom. The smallest absolute Gasteiger partial charge is 0.200 e. The Morgan fingerprint density at radius 2 is 0.781 bits per heavy atom. The summed E-state index contributed by atoms with van der Waals surface area (Å²) in [4.78, 5) is 0. The summed E-state index contributed by atoms with van der Waals surface area (Å²) in [7, 11) is 0. The minimum Gasteiger partial charge on any atom is -0.505 e. The maximum Gasteiger partial charge on any atom is 0.200 e. The lowest BCUT2D eigenvalue weighted by Crippen LogP contribution is -1.94. The predicted molar refractivity (Wildman–Crippen MR) is 114 cm³/mol. The molecule has 0 bridgehead atoms. The molecule has 6 heteroatoms. The number of aromatic hydroxyl groups is 2. The lowest BCUT2D eigenvalue weighted by atomic mass is 9.98. The van der Waals surface area contributed by atoms with E-state index in [1.54, 1.807) is 24.3 Å². The van der Waals surface area contributed by atoms with E-state index in [2.05, 4.69) is 0 Å². The lowest BCUT2D eigenvalue weighted by Gasteiger charge is -2.09. The third-order valence-corrected chi connectivity index (χ3v) is 5.36. The van der Waals surface area contributed by atoms with Crippen molar-refractivity contribution < 1.29 is 27.8 Å². The Balaban J connectivity index is 1.44. The SMILES string of the molecule is Oc1ccc(-c2ccc(CCc3ccc(-c4ccc(O)c(F)c4F)cc3)cc2)c(F)c1F. The van der Waals surface area contributed by atoms with Gasteiger partial charge < -0.3 is 10.2 Å². The van der Waals surface area contributed by atoms with Gasteiger partial charge in [0.25, 0.3) is 0 Å². The molecule has 0 amide bonds. The van der Waals surface area contributed by atoms with Crippen LogP contribution >= 0.6 is 0 Å². The lowest BCUT2D eigenvalue weighted by molar-refractivity contribution is 0.408. The topological polar surface area (TPSA) is 40.5 Å². The van der Waals surface area contributed by atoms with Gasteiger partial charge in [-0.25, -0.2) is 8.78 Å². The van der Waals surface area contributed by atoms with Crippen LogP contribution in [0.1, 0.15) is 11.1 Å². The first-order chi connectivity index (χ1) is 15.3. The number of halogens is 4. The third kappa shape index (κ3) is 4.17. The van der Waals surface area contributed by atoms with Crippen molar-refractivity contribution in [3.8, 4) is 33.8 Å². The van der Waals surface area contributed by atoms with Crippen LogP contribution in [0.2, 0.25) is 0 Å². The van der Waals surface area contributed by atoms with Crippen molar-refractivity contribution in [3.63, 3.8) is 0 Å². The number of phenolic OH excluding ortho intramolecular Hbond substituents is 2. The molecule has 32 heavy (non-hydrogen) atoms. The second-order valence-electron chi connectivity index (χ2n) is 7.41. The van der Waals surface area contributed by atoms with Crippen molar-refractivity contribution >= 4 is 0 Å². The quantitative estimate of drug-likeness (QED) is 0.338. The predicted octanol–water partition coefficient (Wildman–Crippen LogP) is 6.77. The van der Waals surface area contributed by atoms with Gasteiger partial charge >= 0.3 is 0 Å². The summed E-state index contributed by atoms with van der Waals surface area (Å²) in [5.74, 6) is -6.19. The fraction of sp³-hybridized carbons (Fsp3) is 0.0769. The van der Waals surface area contributed by atoms with E-state index < -0.39 is 34.8 Å². The third-order valence-electron chi connectivity index (χ3n) is 5.36. The minimum absolute atomic E-state index is 0.0698. The average Bonchev–Trinajstić information content (AvgIpc) is 2.81. The van der Waals surface area contributed by atoms with Crippen LogP contribution in [0, 0.1) is 23.3 Å². The first kappa shape index (κ1) is 21.4. The zero-order valence-corrected chi connectivity index (χ0v) is 16.7. The van der Waals surface area contributed by atoms with E-state index in [0.717, 1.165) is 23.3 Å². The maximum atomic E-state index is 14.0. The van der Waals surface area contributed by atoms with Crippen molar-refractivity contribution in [3.05, 3.63) is 107 Å². The van der Waals surface area contributed by atoms with Gasteiger partial charge in [0.15, 0.2) is 23.1 Å². The zero-order valence-electron chi connectivity index (χ0n) is 16.7. The van der Waals surface area contributed by atoms with Crippen LogP contribution in [0.4, 0.5) is 17.6 Å². The van der Waals surface area contributed by atoms with Gasteiger partial charge in [0.05, 0.1) is 0 Å². The molecule has 4 aromatic carbocycles. The van der Waals surface area contributed by atoms with E-state index in [1.807, 2.05) is 24.3 Å². The molecule has 0 heterocycles. The minimum atomic E-state index is -1.27. The zero-order chi connectivity index (χ0) is 22.8. The van der Waals surface area contributed by atoms with Gasteiger partial charge in [-0.3, -0.25) is 0 Å². The summed E-state index contributed by atoms with van der Waals surface area (Å²) in [5.41, 5.74) is 3.12. The first-order valence-corrected chi connectivity index (χ1v) is 9.87. The van der Waals surface area contributed by atoms with Crippen molar-refractivity contribution in [2.24, 2.45) is 0 Å². The number of phenols is 2. The molecule has 2 N–H and O–H groups in total. The molecule has 2 nitrogen and oxygen atoms in total. The molecule has 4 aromatic rings. The van der Waals surface area contributed by atoms with E-state index in [4.69, 9.17) is 0 Å². The number of hydrogen-bond donors (Lipinski definition) is 2. The second-order valence-corrected chi connectivity index (χ2v) is 7.41. The number of aryl methyl sites for hydroxylation is 2. The fourth-order valence-electron chi connectivity index (χ4n) is 3.52. The number of rotatable bonds is 5. The van der Waals surface area contributed by atoms with Crippen LogP contribution in [0.15, 0.2) is 72.8 Å². The Bertz CT molecular complexity index is 1170. The molecule has 0 saturated carbocycles. The largest absolute Gasteiger partial charge is 0.505 e. The van der Waals surface area contributed by atoms with Crippen molar-refractivity contribution in [1.82, 2.24) is 0 Å².